The van der Waals surface area contributed by atoms with Crippen molar-refractivity contribution in [3.8, 4) is 6.07 Å². The average molecular weight is 276 g/mol. The van der Waals surface area contributed by atoms with E-state index in [2.05, 4.69) is 11.1 Å². The number of aromatic amines is 1. The molecule has 0 radical (unpaired) electrons. The molecule has 0 aliphatic heterocycles. The zero-order chi connectivity index (χ0) is 14.7. The second-order valence-electron chi connectivity index (χ2n) is 4.60. The lowest BCUT2D eigenvalue weighted by Crippen LogP contribution is -2.05. The molecule has 0 unspecified atom stereocenters. The van der Waals surface area contributed by atoms with Crippen LogP contribution in [0, 0.1) is 11.3 Å². The molecule has 4 nitrogen and oxygen atoms in total. The zero-order valence-electron chi connectivity index (χ0n) is 11.2. The highest BCUT2D eigenvalue weighted by atomic mass is 16.5. The number of para-hydroxylation sites is 1. The molecule has 21 heavy (non-hydrogen) atoms. The predicted molar refractivity (Wildman–Crippen MR) is 78.6 cm³/mol. The van der Waals surface area contributed by atoms with E-state index in [4.69, 9.17) is 10.00 Å². The van der Waals surface area contributed by atoms with Gasteiger partial charge in [-0.1, -0.05) is 42.5 Å². The summed E-state index contributed by atoms with van der Waals surface area (Å²) >= 11 is 0. The van der Waals surface area contributed by atoms with E-state index in [0.29, 0.717) is 16.6 Å². The van der Waals surface area contributed by atoms with E-state index in [-0.39, 0.29) is 6.61 Å². The Bertz CT molecular complexity index is 829. The van der Waals surface area contributed by atoms with Crippen molar-refractivity contribution in [3.63, 3.8) is 0 Å². The molecule has 1 N–H and O–H groups in total. The minimum Gasteiger partial charge on any atom is -0.457 e. The van der Waals surface area contributed by atoms with Gasteiger partial charge in [-0.05, 0) is 11.6 Å². The summed E-state index contributed by atoms with van der Waals surface area (Å²) in [6.07, 6.45) is 1.60. The quantitative estimate of drug-likeness (QED) is 0.745. The van der Waals surface area contributed by atoms with Crippen molar-refractivity contribution in [1.82, 2.24) is 4.98 Å². The maximum Gasteiger partial charge on any atom is 0.340 e. The summed E-state index contributed by atoms with van der Waals surface area (Å²) in [5, 5.41) is 9.75. The topological polar surface area (TPSA) is 65.9 Å². The van der Waals surface area contributed by atoms with Gasteiger partial charge in [-0.15, -0.1) is 0 Å². The number of aromatic nitrogens is 1. The molecule has 102 valence electrons. The molecule has 2 aromatic carbocycles. The highest BCUT2D eigenvalue weighted by Crippen LogP contribution is 2.22. The normalized spacial score (nSPS) is 10.2. The number of esters is 1. The van der Waals surface area contributed by atoms with E-state index in [1.165, 1.54) is 0 Å². The second-order valence-corrected chi connectivity index (χ2v) is 4.60. The van der Waals surface area contributed by atoms with Crippen LogP contribution in [0.5, 0.6) is 0 Å². The van der Waals surface area contributed by atoms with Gasteiger partial charge in [-0.2, -0.15) is 5.26 Å². The standard InChI is InChI=1S/C17H12N2O2/c18-9-13-10-19-16-14(13)7-4-8-15(16)17(20)21-11-12-5-2-1-3-6-12/h1-8,10,19H,11H2. The molecule has 0 amide bonds. The van der Waals surface area contributed by atoms with Crippen molar-refractivity contribution in [2.24, 2.45) is 0 Å². The number of nitriles is 1. The summed E-state index contributed by atoms with van der Waals surface area (Å²) in [4.78, 5) is 15.2. The fourth-order valence-electron chi connectivity index (χ4n) is 2.22. The molecular formula is C17H12N2O2. The molecule has 1 aromatic heterocycles. The van der Waals surface area contributed by atoms with Crippen LogP contribution in [0.15, 0.2) is 54.7 Å². The minimum atomic E-state index is -0.407. The SMILES string of the molecule is N#Cc1c[nH]c2c(C(=O)OCc3ccccc3)cccc12. The van der Waals surface area contributed by atoms with Gasteiger partial charge >= 0.3 is 5.97 Å². The van der Waals surface area contributed by atoms with Crippen molar-refractivity contribution >= 4 is 16.9 Å². The first kappa shape index (κ1) is 12.9. The summed E-state index contributed by atoms with van der Waals surface area (Å²) in [6, 6.07) is 16.8. The summed E-state index contributed by atoms with van der Waals surface area (Å²) in [6.45, 7) is 0.224. The third-order valence-electron chi connectivity index (χ3n) is 3.27. The Balaban J connectivity index is 1.85. The molecule has 0 saturated carbocycles. The number of carbonyl (C=O) groups excluding carboxylic acids is 1. The van der Waals surface area contributed by atoms with Crippen LogP contribution in [0.25, 0.3) is 10.9 Å². The first-order chi connectivity index (χ1) is 10.3. The Hall–Kier alpha value is -3.06. The van der Waals surface area contributed by atoms with Crippen LogP contribution >= 0.6 is 0 Å². The zero-order valence-corrected chi connectivity index (χ0v) is 11.2. The lowest BCUT2D eigenvalue weighted by Gasteiger charge is -2.06. The van der Waals surface area contributed by atoms with Gasteiger partial charge in [0.1, 0.15) is 12.7 Å². The highest BCUT2D eigenvalue weighted by molar-refractivity contribution is 6.04. The van der Waals surface area contributed by atoms with E-state index >= 15 is 0 Å². The molecule has 1 heterocycles. The van der Waals surface area contributed by atoms with E-state index < -0.39 is 5.97 Å². The van der Waals surface area contributed by atoms with Gasteiger partial charge < -0.3 is 9.72 Å². The predicted octanol–water partition coefficient (Wildman–Crippen LogP) is 3.40. The molecule has 0 aliphatic rings. The van der Waals surface area contributed by atoms with Crippen molar-refractivity contribution in [2.45, 2.75) is 6.61 Å². The fraction of sp³-hybridized carbons (Fsp3) is 0.0588. The van der Waals surface area contributed by atoms with Gasteiger partial charge in [0.15, 0.2) is 0 Å². The van der Waals surface area contributed by atoms with Gasteiger partial charge in [0, 0.05) is 11.6 Å². The molecule has 0 spiro atoms. The van der Waals surface area contributed by atoms with E-state index in [1.54, 1.807) is 24.4 Å². The molecule has 3 rings (SSSR count). The van der Waals surface area contributed by atoms with Gasteiger partial charge in [0.2, 0.25) is 0 Å². The first-order valence-corrected chi connectivity index (χ1v) is 6.51. The summed E-state index contributed by atoms with van der Waals surface area (Å²) in [5.74, 6) is -0.407. The number of carbonyl (C=O) groups is 1. The fourth-order valence-corrected chi connectivity index (χ4v) is 2.22. The van der Waals surface area contributed by atoms with E-state index in [1.807, 2.05) is 30.3 Å². The first-order valence-electron chi connectivity index (χ1n) is 6.51. The number of nitrogens with one attached hydrogen (secondary N) is 1. The number of benzene rings is 2. The summed E-state index contributed by atoms with van der Waals surface area (Å²) < 4.78 is 5.32. The summed E-state index contributed by atoms with van der Waals surface area (Å²) in [7, 11) is 0. The smallest absolute Gasteiger partial charge is 0.340 e. The Morgan fingerprint density at radius 1 is 1.14 bits per heavy atom. The van der Waals surface area contributed by atoms with Crippen LogP contribution in [0.1, 0.15) is 21.5 Å². The maximum atomic E-state index is 12.2. The van der Waals surface area contributed by atoms with Crippen molar-refractivity contribution in [3.05, 3.63) is 71.4 Å². The number of hydrogen-bond acceptors (Lipinski definition) is 3. The van der Waals surface area contributed by atoms with Crippen LogP contribution < -0.4 is 0 Å². The molecule has 0 aliphatic carbocycles. The number of fused-ring (bicyclic) bond motifs is 1. The van der Waals surface area contributed by atoms with Gasteiger partial charge in [0.05, 0.1) is 16.6 Å². The number of nitrogens with zero attached hydrogens (tertiary/aromatic N) is 1. The number of H-pyrrole nitrogens is 1. The van der Waals surface area contributed by atoms with Crippen LogP contribution in [0.3, 0.4) is 0 Å². The molecule has 0 fully saturated rings. The Labute approximate surface area is 121 Å². The van der Waals surface area contributed by atoms with Crippen molar-refractivity contribution in [2.75, 3.05) is 0 Å². The largest absolute Gasteiger partial charge is 0.457 e. The number of ether oxygens (including phenoxy) is 1. The molecule has 4 heteroatoms. The van der Waals surface area contributed by atoms with Crippen molar-refractivity contribution < 1.29 is 9.53 Å². The van der Waals surface area contributed by atoms with Crippen molar-refractivity contribution in [1.29, 1.82) is 5.26 Å². The summed E-state index contributed by atoms with van der Waals surface area (Å²) in [5.41, 5.74) is 2.52. The molecule has 3 aromatic rings. The van der Waals surface area contributed by atoms with Gasteiger partial charge in [0.25, 0.3) is 0 Å². The molecule has 0 saturated heterocycles. The van der Waals surface area contributed by atoms with E-state index in [9.17, 15) is 4.79 Å². The lowest BCUT2D eigenvalue weighted by molar-refractivity contribution is 0.0475. The Kier molecular flexibility index (Phi) is 3.40. The van der Waals surface area contributed by atoms with Crippen LogP contribution in [0.2, 0.25) is 0 Å². The van der Waals surface area contributed by atoms with Gasteiger partial charge in [-0.25, -0.2) is 4.79 Å². The van der Waals surface area contributed by atoms with E-state index in [0.717, 1.165) is 10.9 Å². The minimum absolute atomic E-state index is 0.224. The Morgan fingerprint density at radius 2 is 1.95 bits per heavy atom. The molecule has 0 bridgehead atoms. The monoisotopic (exact) mass is 276 g/mol. The second kappa shape index (κ2) is 5.51. The number of rotatable bonds is 3. The van der Waals surface area contributed by atoms with Gasteiger partial charge in [-0.3, -0.25) is 0 Å². The molecular weight excluding hydrogens is 264 g/mol. The highest BCUT2D eigenvalue weighted by Gasteiger charge is 2.14. The average Bonchev–Trinajstić information content (AvgIpc) is 2.96. The third kappa shape index (κ3) is 2.49. The van der Waals surface area contributed by atoms with Crippen LogP contribution in [-0.4, -0.2) is 11.0 Å². The molecule has 0 atom stereocenters. The lowest BCUT2D eigenvalue weighted by atomic mass is 10.1. The number of hydrogen-bond donors (Lipinski definition) is 1. The third-order valence-corrected chi connectivity index (χ3v) is 3.27. The maximum absolute atomic E-state index is 12.2. The van der Waals surface area contributed by atoms with Crippen LogP contribution in [0.4, 0.5) is 0 Å². The Morgan fingerprint density at radius 3 is 2.71 bits per heavy atom. The van der Waals surface area contributed by atoms with Crippen LogP contribution in [-0.2, 0) is 11.3 Å².